The highest BCUT2D eigenvalue weighted by atomic mass is 16.7. The maximum Gasteiger partial charge on any atom is 0.494 e. The van der Waals surface area contributed by atoms with Crippen molar-refractivity contribution in [3.05, 3.63) is 42.7 Å². The second kappa shape index (κ2) is 8.17. The van der Waals surface area contributed by atoms with Crippen LogP contribution in [-0.2, 0) is 20.6 Å². The normalized spacial score (nSPS) is 23.4. The molecule has 3 aliphatic rings. The Morgan fingerprint density at radius 3 is 2.46 bits per heavy atom. The highest BCUT2D eigenvalue weighted by Gasteiger charge is 2.51. The first kappa shape index (κ1) is 22.7. The summed E-state index contributed by atoms with van der Waals surface area (Å²) in [7, 11) is -0.384. The van der Waals surface area contributed by atoms with E-state index in [0.717, 1.165) is 66.8 Å². The van der Waals surface area contributed by atoms with Crippen LogP contribution < -0.4 is 5.46 Å². The van der Waals surface area contributed by atoms with Crippen LogP contribution in [0.5, 0.6) is 0 Å². The van der Waals surface area contributed by atoms with Crippen molar-refractivity contribution in [2.45, 2.75) is 64.7 Å². The molecule has 1 atom stereocenters. The van der Waals surface area contributed by atoms with Gasteiger partial charge in [0.05, 0.1) is 22.9 Å². The van der Waals surface area contributed by atoms with E-state index in [2.05, 4.69) is 66.4 Å². The summed E-state index contributed by atoms with van der Waals surface area (Å²) in [5, 5.41) is 0. The summed E-state index contributed by atoms with van der Waals surface area (Å²) in [6.07, 6.45) is 6.80. The number of carbonyl (C=O) groups is 1. The molecule has 1 aliphatic carbocycles. The molecular weight excluding hydrogens is 439 g/mol. The zero-order valence-corrected chi connectivity index (χ0v) is 21.0. The van der Waals surface area contributed by atoms with Crippen molar-refractivity contribution in [2.24, 2.45) is 11.8 Å². The topological polar surface area (TPSA) is 69.5 Å². The van der Waals surface area contributed by atoms with Crippen molar-refractivity contribution in [1.82, 2.24) is 19.4 Å². The highest BCUT2D eigenvalue weighted by molar-refractivity contribution is 6.62. The number of nitrogens with zero attached hydrogens (tertiary/aromatic N) is 4. The van der Waals surface area contributed by atoms with Crippen molar-refractivity contribution in [1.29, 1.82) is 0 Å². The minimum Gasteiger partial charge on any atom is -0.399 e. The van der Waals surface area contributed by atoms with Gasteiger partial charge in [0.25, 0.3) is 0 Å². The van der Waals surface area contributed by atoms with E-state index in [-0.39, 0.29) is 24.2 Å². The molecule has 1 amide bonds. The molecular formula is C27H33BN4O3. The van der Waals surface area contributed by atoms with Crippen LogP contribution in [0.25, 0.3) is 22.4 Å². The molecule has 1 aromatic carbocycles. The monoisotopic (exact) mass is 472 g/mol. The fraction of sp³-hybridized carbons (Fsp3) is 0.519. The number of hydrogen-bond acceptors (Lipinski definition) is 5. The molecule has 0 N–H and O–H groups in total. The van der Waals surface area contributed by atoms with E-state index in [0.29, 0.717) is 11.8 Å². The van der Waals surface area contributed by atoms with Gasteiger partial charge in [0.2, 0.25) is 5.91 Å². The van der Waals surface area contributed by atoms with Crippen LogP contribution in [0.2, 0.25) is 0 Å². The largest absolute Gasteiger partial charge is 0.494 e. The van der Waals surface area contributed by atoms with E-state index < -0.39 is 0 Å². The Morgan fingerprint density at radius 1 is 1.06 bits per heavy atom. The minimum atomic E-state index is -0.384. The van der Waals surface area contributed by atoms with Gasteiger partial charge in [-0.25, -0.2) is 4.98 Å². The number of amides is 1. The maximum absolute atomic E-state index is 12.6. The van der Waals surface area contributed by atoms with Crippen LogP contribution in [0.1, 0.15) is 47.0 Å². The Hall–Kier alpha value is -2.71. The van der Waals surface area contributed by atoms with Crippen molar-refractivity contribution < 1.29 is 14.1 Å². The smallest absolute Gasteiger partial charge is 0.399 e. The molecule has 2 saturated heterocycles. The summed E-state index contributed by atoms with van der Waals surface area (Å²) in [6, 6.07) is 10.4. The van der Waals surface area contributed by atoms with E-state index in [1.165, 1.54) is 0 Å². The van der Waals surface area contributed by atoms with Crippen LogP contribution in [-0.4, -0.2) is 56.8 Å². The predicted octanol–water partition coefficient (Wildman–Crippen LogP) is 3.66. The molecule has 3 aromatic rings. The van der Waals surface area contributed by atoms with Crippen molar-refractivity contribution >= 4 is 29.5 Å². The third-order valence-corrected chi connectivity index (χ3v) is 8.21. The number of hydrogen-bond donors (Lipinski definition) is 0. The van der Waals surface area contributed by atoms with Gasteiger partial charge in [0, 0.05) is 37.3 Å². The molecule has 6 rings (SSSR count). The van der Waals surface area contributed by atoms with Gasteiger partial charge in [-0.1, -0.05) is 24.3 Å². The number of rotatable bonds is 5. The Labute approximate surface area is 207 Å². The van der Waals surface area contributed by atoms with Gasteiger partial charge in [0.15, 0.2) is 0 Å². The van der Waals surface area contributed by atoms with Gasteiger partial charge in [-0.05, 0) is 64.4 Å². The lowest BCUT2D eigenvalue weighted by atomic mass is 9.79. The zero-order chi connectivity index (χ0) is 24.4. The summed E-state index contributed by atoms with van der Waals surface area (Å²) >= 11 is 0. The van der Waals surface area contributed by atoms with Gasteiger partial charge in [-0.2, -0.15) is 0 Å². The lowest BCUT2D eigenvalue weighted by Crippen LogP contribution is -2.41. The quantitative estimate of drug-likeness (QED) is 0.531. The molecule has 4 heterocycles. The number of pyridine rings is 1. The van der Waals surface area contributed by atoms with Gasteiger partial charge >= 0.3 is 7.12 Å². The average molecular weight is 472 g/mol. The van der Waals surface area contributed by atoms with E-state index in [1.54, 1.807) is 0 Å². The van der Waals surface area contributed by atoms with Crippen molar-refractivity contribution in [2.75, 3.05) is 13.1 Å². The molecule has 35 heavy (non-hydrogen) atoms. The van der Waals surface area contributed by atoms with E-state index in [1.807, 2.05) is 18.5 Å². The second-order valence-electron chi connectivity index (χ2n) is 11.3. The second-order valence-corrected chi connectivity index (χ2v) is 11.3. The number of likely N-dealkylation sites (tertiary alicyclic amines) is 1. The summed E-state index contributed by atoms with van der Waals surface area (Å²) in [4.78, 5) is 23.9. The van der Waals surface area contributed by atoms with Crippen LogP contribution in [0, 0.1) is 11.8 Å². The van der Waals surface area contributed by atoms with E-state index in [9.17, 15) is 4.79 Å². The molecule has 182 valence electrons. The minimum absolute atomic E-state index is 0.284. The average Bonchev–Trinajstić information content (AvgIpc) is 3.40. The van der Waals surface area contributed by atoms with Crippen LogP contribution >= 0.6 is 0 Å². The Morgan fingerprint density at radius 2 is 1.77 bits per heavy atom. The van der Waals surface area contributed by atoms with Crippen molar-refractivity contribution in [3.63, 3.8) is 0 Å². The van der Waals surface area contributed by atoms with Crippen LogP contribution in [0.3, 0.4) is 0 Å². The fourth-order valence-corrected chi connectivity index (χ4v) is 5.18. The van der Waals surface area contributed by atoms with Gasteiger partial charge in [-0.15, -0.1) is 0 Å². The summed E-state index contributed by atoms with van der Waals surface area (Å²) < 4.78 is 14.7. The SMILES string of the molecule is CC1(C)OB(c2ccc(-c3nc4cnccc4n3C[C@@H]3CCN(C(=O)C4CC4)C3)cc2)OC1(C)C. The number of carbonyl (C=O) groups excluding carboxylic acids is 1. The molecule has 0 unspecified atom stereocenters. The molecule has 3 fully saturated rings. The molecule has 0 spiro atoms. The lowest BCUT2D eigenvalue weighted by Gasteiger charge is -2.32. The molecule has 2 aromatic heterocycles. The predicted molar refractivity (Wildman–Crippen MR) is 136 cm³/mol. The van der Waals surface area contributed by atoms with Gasteiger partial charge < -0.3 is 18.8 Å². The van der Waals surface area contributed by atoms with Gasteiger partial charge in [-0.3, -0.25) is 9.78 Å². The molecule has 8 heteroatoms. The first-order chi connectivity index (χ1) is 16.7. The number of imidazole rings is 1. The molecule has 2 aliphatic heterocycles. The van der Waals surface area contributed by atoms with E-state index >= 15 is 0 Å². The molecule has 0 radical (unpaired) electrons. The first-order valence-corrected chi connectivity index (χ1v) is 12.8. The van der Waals surface area contributed by atoms with Gasteiger partial charge in [0.1, 0.15) is 11.3 Å². The third-order valence-electron chi connectivity index (χ3n) is 8.21. The Kier molecular flexibility index (Phi) is 5.31. The molecule has 0 bridgehead atoms. The van der Waals surface area contributed by atoms with Crippen molar-refractivity contribution in [3.8, 4) is 11.4 Å². The number of benzene rings is 1. The zero-order valence-electron chi connectivity index (χ0n) is 21.0. The summed E-state index contributed by atoms with van der Waals surface area (Å²) in [5.41, 5.74) is 3.28. The van der Waals surface area contributed by atoms with E-state index in [4.69, 9.17) is 14.3 Å². The highest BCUT2D eigenvalue weighted by Crippen LogP contribution is 2.37. The fourth-order valence-electron chi connectivity index (χ4n) is 5.18. The Bertz CT molecular complexity index is 1250. The third kappa shape index (κ3) is 4.06. The maximum atomic E-state index is 12.6. The Balaban J connectivity index is 1.26. The standard InChI is InChI=1S/C27H33BN4O3/c1-26(2)27(3,4)35-28(34-26)21-9-7-19(8-10-21)24-30-22-15-29-13-11-23(22)32(24)17-18-12-14-31(16-18)25(33)20-5-6-20/h7-11,13,15,18,20H,5-6,12,14,16-17H2,1-4H3/t18-/m1/s1. The number of aromatic nitrogens is 3. The summed E-state index contributed by atoms with van der Waals surface area (Å²) in [5.74, 6) is 1.99. The molecule has 7 nitrogen and oxygen atoms in total. The molecule has 1 saturated carbocycles. The summed E-state index contributed by atoms with van der Waals surface area (Å²) in [6.45, 7) is 10.8. The van der Waals surface area contributed by atoms with Crippen LogP contribution in [0.4, 0.5) is 0 Å². The number of fused-ring (bicyclic) bond motifs is 1. The lowest BCUT2D eigenvalue weighted by molar-refractivity contribution is -0.131. The van der Waals surface area contributed by atoms with Crippen LogP contribution in [0.15, 0.2) is 42.7 Å². The first-order valence-electron chi connectivity index (χ1n) is 12.8.